The molecule has 2 aromatic rings. The number of rotatable bonds is 5. The highest BCUT2D eigenvalue weighted by Crippen LogP contribution is 2.24. The molecule has 0 spiro atoms. The lowest BCUT2D eigenvalue weighted by Crippen LogP contribution is -2.39. The number of hydrogen-bond acceptors (Lipinski definition) is 2. The first-order chi connectivity index (χ1) is 12.5. The van der Waals surface area contributed by atoms with Gasteiger partial charge in [-0.05, 0) is 54.5 Å². The minimum absolute atomic E-state index is 0.0139. The number of carbonyl (C=O) groups is 2. The van der Waals surface area contributed by atoms with Gasteiger partial charge in [-0.3, -0.25) is 4.79 Å². The molecule has 0 bridgehead atoms. The number of aromatic carboxylic acids is 1. The van der Waals surface area contributed by atoms with E-state index in [1.165, 1.54) is 12.1 Å². The number of amides is 1. The topological polar surface area (TPSA) is 57.6 Å². The van der Waals surface area contributed by atoms with Crippen LogP contribution in [0.15, 0.2) is 48.5 Å². The summed E-state index contributed by atoms with van der Waals surface area (Å²) in [6.45, 7) is 1.32. The number of carboxylic acids is 1. The highest BCUT2D eigenvalue weighted by molar-refractivity contribution is 5.89. The van der Waals surface area contributed by atoms with Crippen molar-refractivity contribution in [1.29, 1.82) is 0 Å². The van der Waals surface area contributed by atoms with Gasteiger partial charge in [0.2, 0.25) is 5.91 Å². The molecule has 0 saturated carbocycles. The van der Waals surface area contributed by atoms with E-state index in [1.807, 2.05) is 17.0 Å². The Bertz CT molecular complexity index is 797. The first kappa shape index (κ1) is 18.1. The van der Waals surface area contributed by atoms with E-state index in [1.54, 1.807) is 24.3 Å². The van der Waals surface area contributed by atoms with Crippen LogP contribution in [-0.4, -0.2) is 35.0 Å². The zero-order chi connectivity index (χ0) is 18.5. The van der Waals surface area contributed by atoms with Gasteiger partial charge in [0.1, 0.15) is 5.82 Å². The maximum absolute atomic E-state index is 13.2. The molecule has 2 aromatic carbocycles. The summed E-state index contributed by atoms with van der Waals surface area (Å²) in [7, 11) is 0. The van der Waals surface area contributed by atoms with Crippen molar-refractivity contribution in [2.45, 2.75) is 25.7 Å². The quantitative estimate of drug-likeness (QED) is 0.892. The molecule has 4 nitrogen and oxygen atoms in total. The molecular weight excluding hydrogens is 333 g/mol. The number of benzene rings is 2. The number of piperidine rings is 1. The van der Waals surface area contributed by atoms with E-state index in [0.717, 1.165) is 18.4 Å². The molecule has 5 heteroatoms. The maximum atomic E-state index is 13.2. The van der Waals surface area contributed by atoms with Crippen LogP contribution in [0.5, 0.6) is 0 Å². The fraction of sp³-hybridized carbons (Fsp3) is 0.333. The van der Waals surface area contributed by atoms with Gasteiger partial charge in [0.25, 0.3) is 0 Å². The minimum atomic E-state index is -0.900. The molecule has 1 N–H and O–H groups in total. The van der Waals surface area contributed by atoms with Crippen LogP contribution in [0.4, 0.5) is 4.39 Å². The first-order valence-corrected chi connectivity index (χ1v) is 8.86. The predicted octanol–water partition coefficient (Wildman–Crippen LogP) is 3.55. The lowest BCUT2D eigenvalue weighted by Gasteiger charge is -2.32. The highest BCUT2D eigenvalue weighted by atomic mass is 19.1. The summed E-state index contributed by atoms with van der Waals surface area (Å²) in [4.78, 5) is 25.6. The largest absolute Gasteiger partial charge is 0.478 e. The third kappa shape index (κ3) is 4.48. The van der Waals surface area contributed by atoms with E-state index in [2.05, 4.69) is 0 Å². The molecule has 3 rings (SSSR count). The summed E-state index contributed by atoms with van der Waals surface area (Å²) >= 11 is 0. The zero-order valence-corrected chi connectivity index (χ0v) is 14.5. The van der Waals surface area contributed by atoms with Gasteiger partial charge in [0.05, 0.1) is 12.0 Å². The Morgan fingerprint density at radius 3 is 2.50 bits per heavy atom. The third-order valence-corrected chi connectivity index (χ3v) is 4.97. The van der Waals surface area contributed by atoms with Gasteiger partial charge in [-0.2, -0.15) is 0 Å². The molecule has 0 aromatic heterocycles. The zero-order valence-electron chi connectivity index (χ0n) is 14.5. The van der Waals surface area contributed by atoms with Crippen LogP contribution in [0.25, 0.3) is 0 Å². The Labute approximate surface area is 152 Å². The molecule has 1 aliphatic heterocycles. The molecule has 1 fully saturated rings. The van der Waals surface area contributed by atoms with E-state index in [0.29, 0.717) is 36.6 Å². The van der Waals surface area contributed by atoms with E-state index < -0.39 is 5.97 Å². The number of nitrogens with zero attached hydrogens (tertiary/aromatic N) is 1. The number of likely N-dealkylation sites (tertiary alicyclic amines) is 1. The normalized spacial score (nSPS) is 15.0. The number of hydrogen-bond donors (Lipinski definition) is 1. The van der Waals surface area contributed by atoms with Gasteiger partial charge in [0, 0.05) is 13.1 Å². The fourth-order valence-corrected chi connectivity index (χ4v) is 3.54. The van der Waals surface area contributed by atoms with Crippen molar-refractivity contribution in [3.8, 4) is 0 Å². The second kappa shape index (κ2) is 8.13. The molecule has 136 valence electrons. The van der Waals surface area contributed by atoms with Gasteiger partial charge in [0.15, 0.2) is 0 Å². The summed E-state index contributed by atoms with van der Waals surface area (Å²) in [5.74, 6) is -0.844. The van der Waals surface area contributed by atoms with Crippen LogP contribution in [-0.2, 0) is 17.6 Å². The van der Waals surface area contributed by atoms with Crippen molar-refractivity contribution in [1.82, 2.24) is 4.90 Å². The van der Waals surface area contributed by atoms with Gasteiger partial charge in [-0.1, -0.05) is 30.3 Å². The standard InChI is InChI=1S/C21H22FNO3/c22-18-6-3-4-16(13-18)14-20(24)23-10-8-15(9-11-23)12-17-5-1-2-7-19(17)21(25)26/h1-7,13,15H,8-12,14H2,(H,25,26). The second-order valence-electron chi connectivity index (χ2n) is 6.80. The smallest absolute Gasteiger partial charge is 0.335 e. The van der Waals surface area contributed by atoms with Crippen LogP contribution >= 0.6 is 0 Å². The molecule has 0 atom stereocenters. The van der Waals surface area contributed by atoms with Crippen LogP contribution < -0.4 is 0 Å². The second-order valence-corrected chi connectivity index (χ2v) is 6.80. The minimum Gasteiger partial charge on any atom is -0.478 e. The van der Waals surface area contributed by atoms with Crippen molar-refractivity contribution in [2.75, 3.05) is 13.1 Å². The first-order valence-electron chi connectivity index (χ1n) is 8.86. The Morgan fingerprint density at radius 2 is 1.81 bits per heavy atom. The SMILES string of the molecule is O=C(O)c1ccccc1CC1CCN(C(=O)Cc2cccc(F)c2)CC1. The summed E-state index contributed by atoms with van der Waals surface area (Å²) in [5.41, 5.74) is 1.90. The molecule has 1 heterocycles. The molecule has 0 aliphatic carbocycles. The Morgan fingerprint density at radius 1 is 1.08 bits per heavy atom. The predicted molar refractivity (Wildman–Crippen MR) is 96.5 cm³/mol. The molecular formula is C21H22FNO3. The number of carboxylic acid groups (broad SMARTS) is 1. The van der Waals surface area contributed by atoms with Crippen molar-refractivity contribution >= 4 is 11.9 Å². The van der Waals surface area contributed by atoms with Gasteiger partial charge in [-0.25, -0.2) is 9.18 Å². The third-order valence-electron chi connectivity index (χ3n) is 4.97. The van der Waals surface area contributed by atoms with Crippen LogP contribution in [0.3, 0.4) is 0 Å². The molecule has 26 heavy (non-hydrogen) atoms. The highest BCUT2D eigenvalue weighted by Gasteiger charge is 2.24. The van der Waals surface area contributed by atoms with E-state index >= 15 is 0 Å². The Hall–Kier alpha value is -2.69. The van der Waals surface area contributed by atoms with Crippen molar-refractivity contribution < 1.29 is 19.1 Å². The average Bonchev–Trinajstić information content (AvgIpc) is 2.62. The van der Waals surface area contributed by atoms with Crippen LogP contribution in [0.2, 0.25) is 0 Å². The Kier molecular flexibility index (Phi) is 5.66. The monoisotopic (exact) mass is 355 g/mol. The number of carbonyl (C=O) groups excluding carboxylic acids is 1. The molecule has 1 aliphatic rings. The molecule has 0 radical (unpaired) electrons. The lowest BCUT2D eigenvalue weighted by molar-refractivity contribution is -0.131. The number of halogens is 1. The lowest BCUT2D eigenvalue weighted by atomic mass is 9.88. The summed E-state index contributed by atoms with van der Waals surface area (Å²) < 4.78 is 13.2. The van der Waals surface area contributed by atoms with E-state index in [4.69, 9.17) is 0 Å². The van der Waals surface area contributed by atoms with Crippen LogP contribution in [0.1, 0.15) is 34.3 Å². The summed E-state index contributed by atoms with van der Waals surface area (Å²) in [5, 5.41) is 9.29. The van der Waals surface area contributed by atoms with Gasteiger partial charge in [-0.15, -0.1) is 0 Å². The average molecular weight is 355 g/mol. The van der Waals surface area contributed by atoms with Gasteiger partial charge < -0.3 is 10.0 Å². The van der Waals surface area contributed by atoms with Gasteiger partial charge >= 0.3 is 5.97 Å². The summed E-state index contributed by atoms with van der Waals surface area (Å²) in [6.07, 6.45) is 2.63. The van der Waals surface area contributed by atoms with Crippen LogP contribution in [0, 0.1) is 11.7 Å². The van der Waals surface area contributed by atoms with Crippen molar-refractivity contribution in [3.63, 3.8) is 0 Å². The van der Waals surface area contributed by atoms with E-state index in [-0.39, 0.29) is 18.1 Å². The van der Waals surface area contributed by atoms with Crippen molar-refractivity contribution in [3.05, 3.63) is 71.0 Å². The molecule has 1 saturated heterocycles. The molecule has 0 unspecified atom stereocenters. The maximum Gasteiger partial charge on any atom is 0.335 e. The van der Waals surface area contributed by atoms with Crippen molar-refractivity contribution in [2.24, 2.45) is 5.92 Å². The van der Waals surface area contributed by atoms with E-state index in [9.17, 15) is 19.1 Å². The Balaban J connectivity index is 1.54. The fourth-order valence-electron chi connectivity index (χ4n) is 3.54. The molecule has 1 amide bonds. The summed E-state index contributed by atoms with van der Waals surface area (Å²) in [6, 6.07) is 13.2.